The number of amides is 4. The van der Waals surface area contributed by atoms with Crippen LogP contribution in [-0.2, 0) is 25.5 Å². The standard InChI is InChI=1S/C60H70N8O15S/c1-57(2,3)80-53(73)65-50(66-54(74)81-58(4,5)6)61-24-26-77-39-15-13-14-35(29-39)40-20-16-34(28-45(40)78-27-25-62-51(67-55(75)82-59(7,8)9)68-56(76)83-60(10,11)12)33-63-52(84)64-36-17-21-41(44(30-36)49(71)72)48-42-22-18-37(69)31-46(42)79-47-32-38(70)19-23-43(47)48/h13-23,28-32,69H,24-27,33H2,1-12H3,(H,71,72)(H2,63,64,84)(H2,61,65,66,73,74)(H2,62,67,68,75,76)/p+1. The average molecular weight is 1180 g/mol. The van der Waals surface area contributed by atoms with E-state index in [-0.39, 0.29) is 78.0 Å². The van der Waals surface area contributed by atoms with Crippen molar-refractivity contribution in [3.8, 4) is 50.8 Å². The minimum Gasteiger partial charge on any atom is -0.508 e. The molecule has 446 valence electrons. The number of amidine groups is 1. The van der Waals surface area contributed by atoms with Crippen molar-refractivity contribution in [1.29, 1.82) is 0 Å². The number of rotatable bonds is 14. The summed E-state index contributed by atoms with van der Waals surface area (Å²) in [5.41, 5.74) is 0.231. The number of carboxylic acid groups (broad SMARTS) is 1. The molecule has 4 amide bonds. The highest BCUT2D eigenvalue weighted by atomic mass is 32.1. The molecule has 0 atom stereocenters. The van der Waals surface area contributed by atoms with E-state index >= 15 is 0 Å². The summed E-state index contributed by atoms with van der Waals surface area (Å²) < 4.78 is 39.9. The molecule has 84 heavy (non-hydrogen) atoms. The molecule has 6 rings (SSSR count). The summed E-state index contributed by atoms with van der Waals surface area (Å²) in [6.45, 7) is 20.3. The molecule has 4 aromatic rings. The maximum absolute atomic E-state index is 12.9. The topological polar surface area (TPSA) is 310 Å². The Hall–Kier alpha value is -9.32. The van der Waals surface area contributed by atoms with Gasteiger partial charge in [0.15, 0.2) is 5.43 Å². The van der Waals surface area contributed by atoms with Crippen LogP contribution in [0, 0.1) is 0 Å². The van der Waals surface area contributed by atoms with Gasteiger partial charge in [0, 0.05) is 34.2 Å². The van der Waals surface area contributed by atoms with Crippen LogP contribution in [0.15, 0.2) is 116 Å². The number of aromatic carboxylic acids is 1. The molecule has 0 saturated carbocycles. The van der Waals surface area contributed by atoms with Gasteiger partial charge in [-0.1, -0.05) is 36.9 Å². The summed E-state index contributed by atoms with van der Waals surface area (Å²) in [5.74, 6) is -0.700. The number of aromatic hydroxyl groups is 1. The minimum absolute atomic E-state index is 0.00851. The zero-order valence-electron chi connectivity index (χ0n) is 48.8. The van der Waals surface area contributed by atoms with Crippen LogP contribution in [0.3, 0.4) is 0 Å². The fourth-order valence-corrected chi connectivity index (χ4v) is 7.98. The number of hydrogen-bond acceptors (Lipinski definition) is 16. The van der Waals surface area contributed by atoms with Crippen LogP contribution in [-0.4, -0.2) is 106 Å². The number of nitrogens with one attached hydrogen (secondary N) is 6. The number of aliphatic imine (C=N–C) groups is 2. The Morgan fingerprint density at radius 2 is 1.14 bits per heavy atom. The van der Waals surface area contributed by atoms with Crippen molar-refractivity contribution in [3.05, 3.63) is 118 Å². The first-order chi connectivity index (χ1) is 39.3. The third-order valence-corrected chi connectivity index (χ3v) is 11.1. The molecule has 0 unspecified atom stereocenters. The number of thiol groups is 1. The number of carbonyl (C=O) groups excluding carboxylic acids is 4. The lowest BCUT2D eigenvalue weighted by molar-refractivity contribution is -0.472. The monoisotopic (exact) mass is 1180 g/mol. The predicted octanol–water partition coefficient (Wildman–Crippen LogP) is 9.18. The van der Waals surface area contributed by atoms with Gasteiger partial charge in [0.25, 0.3) is 0 Å². The fraction of sp³-hybridized carbons (Fsp3) is 0.350. The fourth-order valence-electron chi connectivity index (χ4n) is 7.78. The van der Waals surface area contributed by atoms with Gasteiger partial charge in [-0.2, -0.15) is 0 Å². The first kappa shape index (κ1) is 63.9. The highest BCUT2D eigenvalue weighted by Gasteiger charge is 2.26. The molecular weight excluding hydrogens is 1100 g/mol. The lowest BCUT2D eigenvalue weighted by atomic mass is 9.90. The van der Waals surface area contributed by atoms with Crippen LogP contribution in [0.1, 0.15) is 99.0 Å². The van der Waals surface area contributed by atoms with Gasteiger partial charge in [0.2, 0.25) is 11.9 Å². The number of anilines is 1. The molecule has 0 bridgehead atoms. The number of nitrogens with zero attached hydrogens (tertiary/aromatic N) is 2. The predicted molar refractivity (Wildman–Crippen MR) is 320 cm³/mol. The number of ether oxygens (including phenoxy) is 6. The summed E-state index contributed by atoms with van der Waals surface area (Å²) in [5, 5.41) is 34.5. The van der Waals surface area contributed by atoms with Crippen molar-refractivity contribution in [2.24, 2.45) is 9.98 Å². The van der Waals surface area contributed by atoms with Gasteiger partial charge in [0.05, 0.1) is 18.7 Å². The van der Waals surface area contributed by atoms with Crippen molar-refractivity contribution in [2.75, 3.05) is 31.6 Å². The van der Waals surface area contributed by atoms with Crippen LogP contribution >= 0.6 is 12.6 Å². The molecular formula is C60H71N8O15S+. The number of carboxylic acids is 1. The molecule has 0 spiro atoms. The second-order valence-corrected chi connectivity index (χ2v) is 23.2. The number of carbonyl (C=O) groups is 5. The summed E-state index contributed by atoms with van der Waals surface area (Å²) >= 11 is 4.66. The summed E-state index contributed by atoms with van der Waals surface area (Å²) in [4.78, 5) is 88.0. The Morgan fingerprint density at radius 1 is 0.607 bits per heavy atom. The highest BCUT2D eigenvalue weighted by molar-refractivity contribution is 7.96. The van der Waals surface area contributed by atoms with Gasteiger partial charge in [-0.3, -0.25) is 31.1 Å². The van der Waals surface area contributed by atoms with Gasteiger partial charge < -0.3 is 43.1 Å². The number of phenolic OH excluding ortho intramolecular Hbond substituents is 1. The van der Waals surface area contributed by atoms with Crippen LogP contribution in [0.2, 0.25) is 0 Å². The molecule has 2 aliphatic rings. The van der Waals surface area contributed by atoms with E-state index in [9.17, 15) is 39.0 Å². The smallest absolute Gasteiger partial charge is 0.414 e. The molecule has 0 saturated heterocycles. The number of alkyl carbamates (subject to hydrolysis) is 4. The Kier molecular flexibility index (Phi) is 20.7. The van der Waals surface area contributed by atoms with E-state index in [1.807, 2.05) is 18.2 Å². The average Bonchev–Trinajstić information content (AvgIpc) is 0.991. The zero-order chi connectivity index (χ0) is 61.7. The van der Waals surface area contributed by atoms with Gasteiger partial charge in [-0.25, -0.2) is 39.3 Å². The summed E-state index contributed by atoms with van der Waals surface area (Å²) in [6, 6.07) is 26.1. The van der Waals surface area contributed by atoms with Crippen molar-refractivity contribution in [3.63, 3.8) is 0 Å². The molecule has 0 radical (unpaired) electrons. The van der Waals surface area contributed by atoms with E-state index < -0.39 is 52.7 Å². The van der Waals surface area contributed by atoms with E-state index in [1.54, 1.807) is 132 Å². The first-order valence-corrected chi connectivity index (χ1v) is 26.9. The quantitative estimate of drug-likeness (QED) is 0.0123. The third kappa shape index (κ3) is 20.3. The van der Waals surface area contributed by atoms with Gasteiger partial charge in [-0.05, 0) is 160 Å². The SMILES string of the molecule is CC(C)(C)OC(=O)NC(=NCCOc1cccc(-c2ccc(C[NH+]=C(S)Nc3ccc(-c4c5ccc(=O)cc-5oc5cc(O)ccc45)c(C(=O)O)c3)cc2OCCN=C(NC(=O)OC(C)(C)C)NC(=O)OC(C)(C)C)c1)NC(=O)OC(C)(C)C. The number of guanidine groups is 2. The third-order valence-electron chi connectivity index (χ3n) is 10.8. The van der Waals surface area contributed by atoms with Crippen molar-refractivity contribution in [1.82, 2.24) is 21.3 Å². The molecule has 8 N–H and O–H groups in total. The Morgan fingerprint density at radius 3 is 1.69 bits per heavy atom. The number of hydrogen-bond donors (Lipinski definition) is 9. The molecule has 4 aromatic carbocycles. The molecule has 1 heterocycles. The summed E-state index contributed by atoms with van der Waals surface area (Å²) in [6.07, 6.45) is -3.42. The van der Waals surface area contributed by atoms with E-state index in [1.165, 1.54) is 30.3 Å². The van der Waals surface area contributed by atoms with E-state index in [2.05, 4.69) is 54.2 Å². The normalized spacial score (nSPS) is 11.8. The van der Waals surface area contributed by atoms with Crippen molar-refractivity contribution >= 4 is 76.7 Å². The van der Waals surface area contributed by atoms with E-state index in [4.69, 9.17) is 32.8 Å². The molecule has 0 fully saturated rings. The van der Waals surface area contributed by atoms with Crippen LogP contribution in [0.5, 0.6) is 17.2 Å². The van der Waals surface area contributed by atoms with Gasteiger partial charge >= 0.3 is 35.5 Å². The zero-order valence-corrected chi connectivity index (χ0v) is 49.7. The highest BCUT2D eigenvalue weighted by Crippen LogP contribution is 2.42. The summed E-state index contributed by atoms with van der Waals surface area (Å²) in [7, 11) is 0. The molecule has 1 aliphatic carbocycles. The lowest BCUT2D eigenvalue weighted by Crippen LogP contribution is -2.71. The minimum atomic E-state index is -1.23. The maximum Gasteiger partial charge on any atom is 0.414 e. The Bertz CT molecular complexity index is 3470. The van der Waals surface area contributed by atoms with Crippen LogP contribution in [0.25, 0.3) is 44.5 Å². The van der Waals surface area contributed by atoms with Gasteiger partial charge in [-0.15, -0.1) is 0 Å². The Balaban J connectivity index is 1.26. The number of fused-ring (bicyclic) bond motifs is 2. The van der Waals surface area contributed by atoms with Crippen LogP contribution in [0.4, 0.5) is 24.9 Å². The number of phenols is 1. The van der Waals surface area contributed by atoms with Crippen LogP contribution < -0.4 is 46.5 Å². The molecule has 1 aliphatic heterocycles. The van der Waals surface area contributed by atoms with E-state index in [0.717, 1.165) is 0 Å². The molecule has 0 aromatic heterocycles. The first-order valence-electron chi connectivity index (χ1n) is 26.5. The van der Waals surface area contributed by atoms with Crippen molar-refractivity contribution < 1.29 is 72.0 Å². The molecule has 23 nitrogen and oxygen atoms in total. The molecule has 24 heteroatoms. The number of benzene rings is 5. The van der Waals surface area contributed by atoms with Gasteiger partial charge in [0.1, 0.15) is 76.4 Å². The second-order valence-electron chi connectivity index (χ2n) is 22.7. The van der Waals surface area contributed by atoms with E-state index in [0.29, 0.717) is 56.0 Å². The van der Waals surface area contributed by atoms with Crippen molar-refractivity contribution in [2.45, 2.75) is 112 Å². The lowest BCUT2D eigenvalue weighted by Gasteiger charge is -2.22. The largest absolute Gasteiger partial charge is 0.508 e. The second kappa shape index (κ2) is 27.2. The Labute approximate surface area is 491 Å². The maximum atomic E-state index is 12.9.